The molecule has 0 spiro atoms. The molecule has 1 heterocycles. The number of ether oxygens (including phenoxy) is 1. The van der Waals surface area contributed by atoms with E-state index in [4.69, 9.17) is 4.74 Å². The maximum atomic E-state index is 5.50. The van der Waals surface area contributed by atoms with Gasteiger partial charge in [0.05, 0.1) is 13.2 Å². The van der Waals surface area contributed by atoms with Gasteiger partial charge >= 0.3 is 0 Å². The van der Waals surface area contributed by atoms with E-state index in [0.717, 1.165) is 19.8 Å². The predicted octanol–water partition coefficient (Wildman–Crippen LogP) is 3.80. The van der Waals surface area contributed by atoms with Crippen LogP contribution in [-0.4, -0.2) is 6.54 Å². The first kappa shape index (κ1) is 13.6. The van der Waals surface area contributed by atoms with E-state index in [2.05, 4.69) is 44.3 Å². The lowest BCUT2D eigenvalue weighted by atomic mass is 9.87. The number of rotatable bonds is 6. The van der Waals surface area contributed by atoms with Gasteiger partial charge in [-0.15, -0.1) is 0 Å². The maximum Gasteiger partial charge on any atom is 0.0725 e. The van der Waals surface area contributed by atoms with E-state index < -0.39 is 0 Å². The van der Waals surface area contributed by atoms with E-state index in [1.165, 1.54) is 29.5 Å². The molecule has 0 radical (unpaired) electrons. The molecule has 1 aliphatic rings. The van der Waals surface area contributed by atoms with Crippen molar-refractivity contribution in [1.29, 1.82) is 0 Å². The van der Waals surface area contributed by atoms with Gasteiger partial charge in [0, 0.05) is 6.04 Å². The molecule has 1 aliphatic heterocycles. The SMILES string of the molecule is CCNC(c1ccc2c(c1)COC2)C(CC)CC. The molecule has 18 heavy (non-hydrogen) atoms. The van der Waals surface area contributed by atoms with Gasteiger partial charge in [-0.2, -0.15) is 0 Å². The molecule has 1 aromatic carbocycles. The van der Waals surface area contributed by atoms with E-state index >= 15 is 0 Å². The third kappa shape index (κ3) is 2.76. The summed E-state index contributed by atoms with van der Waals surface area (Å²) in [5, 5.41) is 3.65. The lowest BCUT2D eigenvalue weighted by Crippen LogP contribution is -2.27. The van der Waals surface area contributed by atoms with E-state index in [9.17, 15) is 0 Å². The molecular weight excluding hydrogens is 222 g/mol. The zero-order valence-corrected chi connectivity index (χ0v) is 11.8. The summed E-state index contributed by atoms with van der Waals surface area (Å²) in [6, 6.07) is 7.34. The van der Waals surface area contributed by atoms with Crippen LogP contribution >= 0.6 is 0 Å². The van der Waals surface area contributed by atoms with Crippen LogP contribution in [0.4, 0.5) is 0 Å². The predicted molar refractivity (Wildman–Crippen MR) is 75.4 cm³/mol. The Bertz CT molecular complexity index is 385. The van der Waals surface area contributed by atoms with Crippen molar-refractivity contribution in [2.24, 2.45) is 5.92 Å². The lowest BCUT2D eigenvalue weighted by Gasteiger charge is -2.27. The van der Waals surface area contributed by atoms with E-state index in [0.29, 0.717) is 12.0 Å². The Morgan fingerprint density at radius 3 is 2.50 bits per heavy atom. The average Bonchev–Trinajstić information content (AvgIpc) is 2.86. The minimum atomic E-state index is 0.482. The maximum absolute atomic E-state index is 5.50. The second-order valence-corrected chi connectivity index (χ2v) is 5.13. The Kier molecular flexibility index (Phi) is 4.79. The summed E-state index contributed by atoms with van der Waals surface area (Å²) in [5.41, 5.74) is 4.16. The Balaban J connectivity index is 2.24. The van der Waals surface area contributed by atoms with Crippen LogP contribution in [0, 0.1) is 5.92 Å². The van der Waals surface area contributed by atoms with Crippen LogP contribution in [0.2, 0.25) is 0 Å². The van der Waals surface area contributed by atoms with Crippen molar-refractivity contribution in [2.75, 3.05) is 6.54 Å². The summed E-state index contributed by atoms with van der Waals surface area (Å²) in [7, 11) is 0. The summed E-state index contributed by atoms with van der Waals surface area (Å²) in [5.74, 6) is 0.713. The van der Waals surface area contributed by atoms with Crippen molar-refractivity contribution in [3.05, 3.63) is 34.9 Å². The lowest BCUT2D eigenvalue weighted by molar-refractivity contribution is 0.134. The molecule has 1 aromatic rings. The molecule has 0 saturated heterocycles. The highest BCUT2D eigenvalue weighted by molar-refractivity contribution is 5.34. The van der Waals surface area contributed by atoms with Crippen LogP contribution in [-0.2, 0) is 18.0 Å². The molecule has 0 saturated carbocycles. The topological polar surface area (TPSA) is 21.3 Å². The number of hydrogen-bond donors (Lipinski definition) is 1. The van der Waals surface area contributed by atoms with Crippen molar-refractivity contribution in [1.82, 2.24) is 5.32 Å². The zero-order chi connectivity index (χ0) is 13.0. The Hall–Kier alpha value is -0.860. The summed E-state index contributed by atoms with van der Waals surface area (Å²) in [6.07, 6.45) is 2.45. The normalized spacial score (nSPS) is 16.0. The van der Waals surface area contributed by atoms with Crippen LogP contribution < -0.4 is 5.32 Å². The fourth-order valence-electron chi connectivity index (χ4n) is 2.92. The smallest absolute Gasteiger partial charge is 0.0725 e. The third-order valence-corrected chi connectivity index (χ3v) is 4.05. The van der Waals surface area contributed by atoms with Crippen molar-refractivity contribution < 1.29 is 4.74 Å². The fourth-order valence-corrected chi connectivity index (χ4v) is 2.92. The van der Waals surface area contributed by atoms with Crippen LogP contribution in [0.15, 0.2) is 18.2 Å². The molecule has 0 amide bonds. The highest BCUT2D eigenvalue weighted by Gasteiger charge is 2.21. The molecule has 100 valence electrons. The van der Waals surface area contributed by atoms with Gasteiger partial charge in [0.15, 0.2) is 0 Å². The van der Waals surface area contributed by atoms with Gasteiger partial charge < -0.3 is 10.1 Å². The van der Waals surface area contributed by atoms with Crippen molar-refractivity contribution in [2.45, 2.75) is 52.9 Å². The van der Waals surface area contributed by atoms with Crippen LogP contribution in [0.25, 0.3) is 0 Å². The number of nitrogens with one attached hydrogen (secondary N) is 1. The highest BCUT2D eigenvalue weighted by Crippen LogP contribution is 2.30. The van der Waals surface area contributed by atoms with Gasteiger partial charge in [-0.25, -0.2) is 0 Å². The molecule has 0 fully saturated rings. The zero-order valence-electron chi connectivity index (χ0n) is 11.8. The molecular formula is C16H25NO. The molecule has 0 aromatic heterocycles. The summed E-state index contributed by atoms with van der Waals surface area (Å²) < 4.78 is 5.50. The fraction of sp³-hybridized carbons (Fsp3) is 0.625. The van der Waals surface area contributed by atoms with Gasteiger partial charge in [-0.1, -0.05) is 51.8 Å². The van der Waals surface area contributed by atoms with Crippen LogP contribution in [0.3, 0.4) is 0 Å². The largest absolute Gasteiger partial charge is 0.372 e. The minimum Gasteiger partial charge on any atom is -0.372 e. The third-order valence-electron chi connectivity index (χ3n) is 4.05. The highest BCUT2D eigenvalue weighted by atomic mass is 16.5. The van der Waals surface area contributed by atoms with Crippen molar-refractivity contribution >= 4 is 0 Å². The molecule has 2 rings (SSSR count). The molecule has 1 unspecified atom stereocenters. The van der Waals surface area contributed by atoms with Crippen LogP contribution in [0.5, 0.6) is 0 Å². The summed E-state index contributed by atoms with van der Waals surface area (Å²) in [4.78, 5) is 0. The molecule has 2 heteroatoms. The Morgan fingerprint density at radius 2 is 1.83 bits per heavy atom. The van der Waals surface area contributed by atoms with E-state index in [1.54, 1.807) is 0 Å². The first-order valence-electron chi connectivity index (χ1n) is 7.22. The monoisotopic (exact) mass is 247 g/mol. The van der Waals surface area contributed by atoms with Gasteiger partial charge in [-0.3, -0.25) is 0 Å². The standard InChI is InChI=1S/C16H25NO/c1-4-12(5-2)16(17-6-3)13-7-8-14-10-18-11-15(14)9-13/h7-9,12,16-17H,4-6,10-11H2,1-3H3. The Morgan fingerprint density at radius 1 is 1.11 bits per heavy atom. The molecule has 2 nitrogen and oxygen atoms in total. The second-order valence-electron chi connectivity index (χ2n) is 5.13. The first-order valence-corrected chi connectivity index (χ1v) is 7.22. The first-order chi connectivity index (χ1) is 8.80. The molecule has 1 N–H and O–H groups in total. The molecule has 0 aliphatic carbocycles. The van der Waals surface area contributed by atoms with E-state index in [-0.39, 0.29) is 0 Å². The van der Waals surface area contributed by atoms with Gasteiger partial charge in [0.25, 0.3) is 0 Å². The molecule has 1 atom stereocenters. The Labute approximate surface area is 111 Å². The molecule has 0 bridgehead atoms. The van der Waals surface area contributed by atoms with Crippen molar-refractivity contribution in [3.8, 4) is 0 Å². The van der Waals surface area contributed by atoms with Gasteiger partial charge in [-0.05, 0) is 29.2 Å². The quantitative estimate of drug-likeness (QED) is 0.825. The second kappa shape index (κ2) is 6.35. The van der Waals surface area contributed by atoms with E-state index in [1.807, 2.05) is 0 Å². The summed E-state index contributed by atoms with van der Waals surface area (Å²) >= 11 is 0. The summed E-state index contributed by atoms with van der Waals surface area (Å²) in [6.45, 7) is 9.35. The van der Waals surface area contributed by atoms with Gasteiger partial charge in [0.1, 0.15) is 0 Å². The van der Waals surface area contributed by atoms with Crippen LogP contribution in [0.1, 0.15) is 56.3 Å². The average molecular weight is 247 g/mol. The van der Waals surface area contributed by atoms with Gasteiger partial charge in [0.2, 0.25) is 0 Å². The number of benzene rings is 1. The number of hydrogen-bond acceptors (Lipinski definition) is 2. The number of fused-ring (bicyclic) bond motifs is 1. The minimum absolute atomic E-state index is 0.482. The van der Waals surface area contributed by atoms with Crippen molar-refractivity contribution in [3.63, 3.8) is 0 Å².